The Labute approximate surface area is 281 Å². The first-order valence-electron chi connectivity index (χ1n) is 15.3. The summed E-state index contributed by atoms with van der Waals surface area (Å²) in [6, 6.07) is 28.6. The number of carbonyl (C=O) groups excluding carboxylic acids is 2. The lowest BCUT2D eigenvalue weighted by Crippen LogP contribution is -2.54. The van der Waals surface area contributed by atoms with Gasteiger partial charge in [0.2, 0.25) is 11.8 Å². The van der Waals surface area contributed by atoms with Crippen molar-refractivity contribution in [3.05, 3.63) is 130 Å². The summed E-state index contributed by atoms with van der Waals surface area (Å²) in [5.41, 5.74) is 2.37. The molecule has 0 unspecified atom stereocenters. The summed E-state index contributed by atoms with van der Waals surface area (Å²) in [5.74, 6) is -0.873. The minimum atomic E-state index is -4.18. The average molecular weight is 679 g/mol. The number of hydrogen-bond acceptors (Lipinski definition) is 4. The maximum absolute atomic E-state index is 14.7. The zero-order valence-electron chi connectivity index (χ0n) is 25.6. The molecule has 0 aliphatic heterocycles. The predicted octanol–water partition coefficient (Wildman–Crippen LogP) is 7.20. The summed E-state index contributed by atoms with van der Waals surface area (Å²) in [7, 11) is -4.18. The Kier molecular flexibility index (Phi) is 11.0. The van der Waals surface area contributed by atoms with Gasteiger partial charge in [-0.3, -0.25) is 13.9 Å². The molecule has 1 aliphatic carbocycles. The molecular weight excluding hydrogens is 641 g/mol. The topological polar surface area (TPSA) is 86.8 Å². The quantitative estimate of drug-likeness (QED) is 0.172. The summed E-state index contributed by atoms with van der Waals surface area (Å²) < 4.78 is 29.5. The van der Waals surface area contributed by atoms with Crippen LogP contribution in [0.4, 0.5) is 5.69 Å². The molecule has 5 rings (SSSR count). The average Bonchev–Trinajstić information content (AvgIpc) is 3.57. The number of hydrogen-bond donors (Lipinski definition) is 1. The van der Waals surface area contributed by atoms with E-state index in [1.54, 1.807) is 61.5 Å². The first-order chi connectivity index (χ1) is 22.1. The van der Waals surface area contributed by atoms with Crippen LogP contribution >= 0.6 is 23.2 Å². The molecule has 7 nitrogen and oxygen atoms in total. The minimum absolute atomic E-state index is 0.00792. The van der Waals surface area contributed by atoms with Crippen LogP contribution in [0.5, 0.6) is 0 Å². The number of anilines is 1. The Balaban J connectivity index is 1.60. The van der Waals surface area contributed by atoms with Crippen molar-refractivity contribution in [1.29, 1.82) is 0 Å². The molecule has 0 radical (unpaired) electrons. The van der Waals surface area contributed by atoms with Gasteiger partial charge in [0.1, 0.15) is 12.6 Å². The molecule has 1 N–H and O–H groups in total. The van der Waals surface area contributed by atoms with Gasteiger partial charge in [-0.2, -0.15) is 0 Å². The molecule has 1 aliphatic rings. The smallest absolute Gasteiger partial charge is 0.264 e. The largest absolute Gasteiger partial charge is 0.352 e. The highest BCUT2D eigenvalue weighted by atomic mass is 35.5. The summed E-state index contributed by atoms with van der Waals surface area (Å²) in [6.45, 7) is 1.15. The first-order valence-corrected chi connectivity index (χ1v) is 17.5. The van der Waals surface area contributed by atoms with Gasteiger partial charge in [0, 0.05) is 34.6 Å². The van der Waals surface area contributed by atoms with E-state index in [1.165, 1.54) is 17.0 Å². The van der Waals surface area contributed by atoms with Gasteiger partial charge in [0.05, 0.1) is 10.6 Å². The molecular formula is C36H37Cl2N3O4S. The van der Waals surface area contributed by atoms with E-state index in [2.05, 4.69) is 5.32 Å². The fourth-order valence-electron chi connectivity index (χ4n) is 5.85. The highest BCUT2D eigenvalue weighted by Crippen LogP contribution is 2.30. The lowest BCUT2D eigenvalue weighted by atomic mass is 10.0. The molecule has 1 saturated carbocycles. The van der Waals surface area contributed by atoms with Crippen LogP contribution in [-0.2, 0) is 32.6 Å². The van der Waals surface area contributed by atoms with Crippen LogP contribution in [0.1, 0.15) is 42.4 Å². The van der Waals surface area contributed by atoms with Crippen LogP contribution in [0, 0.1) is 6.92 Å². The van der Waals surface area contributed by atoms with Crippen LogP contribution < -0.4 is 9.62 Å². The van der Waals surface area contributed by atoms with Gasteiger partial charge < -0.3 is 10.2 Å². The second-order valence-corrected chi connectivity index (χ2v) is 14.2. The highest BCUT2D eigenvalue weighted by molar-refractivity contribution is 7.92. The molecule has 4 aromatic carbocycles. The highest BCUT2D eigenvalue weighted by Gasteiger charge is 2.36. The maximum atomic E-state index is 14.7. The standard InChI is InChI=1S/C36H37Cl2N3O4S/c1-26-13-8-11-22-33(26)41(46(44,45)29-18-6-3-7-19-29)25-35(42)40(24-30-31(37)20-12-21-32(30)38)34(23-27-14-4-2-5-15-27)36(43)39-28-16-9-10-17-28/h2-8,11-15,18-22,28,34H,9-10,16-17,23-25H2,1H3,(H,39,43)/t34-/m1/s1. The van der Waals surface area contributed by atoms with E-state index in [9.17, 15) is 18.0 Å². The van der Waals surface area contributed by atoms with E-state index >= 15 is 0 Å². The third-order valence-corrected chi connectivity index (χ3v) is 10.8. The number of halogens is 2. The molecule has 240 valence electrons. The number of nitrogens with zero attached hydrogens (tertiary/aromatic N) is 2. The number of rotatable bonds is 12. The van der Waals surface area contributed by atoms with E-state index in [0.29, 0.717) is 26.9 Å². The van der Waals surface area contributed by atoms with Gasteiger partial charge in [-0.1, -0.05) is 109 Å². The Bertz CT molecular complexity index is 1740. The van der Waals surface area contributed by atoms with E-state index < -0.39 is 28.5 Å². The van der Waals surface area contributed by atoms with Crippen molar-refractivity contribution in [2.75, 3.05) is 10.8 Å². The lowest BCUT2D eigenvalue weighted by molar-refractivity contribution is -0.140. The van der Waals surface area contributed by atoms with E-state index in [-0.39, 0.29) is 29.8 Å². The normalized spacial score (nSPS) is 14.1. The summed E-state index contributed by atoms with van der Waals surface area (Å²) in [6.07, 6.45) is 3.99. The third-order valence-electron chi connectivity index (χ3n) is 8.36. The van der Waals surface area contributed by atoms with Crippen LogP contribution in [0.3, 0.4) is 0 Å². The molecule has 1 fully saturated rings. The van der Waals surface area contributed by atoms with Crippen molar-refractivity contribution in [3.63, 3.8) is 0 Å². The van der Waals surface area contributed by atoms with Crippen LogP contribution in [0.2, 0.25) is 10.0 Å². The second-order valence-electron chi connectivity index (χ2n) is 11.5. The van der Waals surface area contributed by atoms with Crippen LogP contribution in [-0.4, -0.2) is 43.8 Å². The Morgan fingerprint density at radius 3 is 2.04 bits per heavy atom. The zero-order chi connectivity index (χ0) is 32.7. The number of aryl methyl sites for hydroxylation is 1. The molecule has 1 atom stereocenters. The number of sulfonamides is 1. The van der Waals surface area contributed by atoms with Crippen molar-refractivity contribution in [2.45, 2.75) is 62.6 Å². The van der Waals surface area contributed by atoms with Gasteiger partial charge >= 0.3 is 0 Å². The number of para-hydroxylation sites is 1. The van der Waals surface area contributed by atoms with E-state index in [4.69, 9.17) is 23.2 Å². The number of carbonyl (C=O) groups is 2. The Hall–Kier alpha value is -3.85. The van der Waals surface area contributed by atoms with Gasteiger partial charge in [0.25, 0.3) is 10.0 Å². The van der Waals surface area contributed by atoms with Gasteiger partial charge in [-0.25, -0.2) is 8.42 Å². The van der Waals surface area contributed by atoms with E-state index in [1.807, 2.05) is 36.4 Å². The molecule has 0 heterocycles. The zero-order valence-corrected chi connectivity index (χ0v) is 27.9. The van der Waals surface area contributed by atoms with Gasteiger partial charge in [-0.05, 0) is 61.2 Å². The molecule has 0 aromatic heterocycles. The maximum Gasteiger partial charge on any atom is 0.264 e. The molecule has 4 aromatic rings. The fourth-order valence-corrected chi connectivity index (χ4v) is 7.87. The van der Waals surface area contributed by atoms with Crippen molar-refractivity contribution >= 4 is 50.7 Å². The predicted molar refractivity (Wildman–Crippen MR) is 183 cm³/mol. The van der Waals surface area contributed by atoms with Crippen molar-refractivity contribution in [1.82, 2.24) is 10.2 Å². The van der Waals surface area contributed by atoms with Crippen molar-refractivity contribution in [3.8, 4) is 0 Å². The molecule has 10 heteroatoms. The SMILES string of the molecule is Cc1ccccc1N(CC(=O)N(Cc1c(Cl)cccc1Cl)[C@H](Cc1ccccc1)C(=O)NC1CCCC1)S(=O)(=O)c1ccccc1. The molecule has 0 bridgehead atoms. The monoisotopic (exact) mass is 677 g/mol. The van der Waals surface area contributed by atoms with Crippen LogP contribution in [0.15, 0.2) is 108 Å². The van der Waals surface area contributed by atoms with Crippen molar-refractivity contribution < 1.29 is 18.0 Å². The molecule has 0 spiro atoms. The molecule has 0 saturated heterocycles. The number of amides is 2. The van der Waals surface area contributed by atoms with Gasteiger partial charge in [0.15, 0.2) is 0 Å². The van der Waals surface area contributed by atoms with Gasteiger partial charge in [-0.15, -0.1) is 0 Å². The second kappa shape index (κ2) is 15.2. The summed E-state index contributed by atoms with van der Waals surface area (Å²) in [4.78, 5) is 30.3. The molecule has 46 heavy (non-hydrogen) atoms. The van der Waals surface area contributed by atoms with E-state index in [0.717, 1.165) is 35.6 Å². The third kappa shape index (κ3) is 7.92. The fraction of sp³-hybridized carbons (Fsp3) is 0.278. The summed E-state index contributed by atoms with van der Waals surface area (Å²) in [5, 5.41) is 3.85. The lowest BCUT2D eigenvalue weighted by Gasteiger charge is -2.35. The Morgan fingerprint density at radius 2 is 1.41 bits per heavy atom. The number of nitrogens with one attached hydrogen (secondary N) is 1. The van der Waals surface area contributed by atoms with Crippen LogP contribution in [0.25, 0.3) is 0 Å². The minimum Gasteiger partial charge on any atom is -0.352 e. The Morgan fingerprint density at radius 1 is 0.826 bits per heavy atom. The van der Waals surface area contributed by atoms with Crippen molar-refractivity contribution in [2.24, 2.45) is 0 Å². The number of benzene rings is 4. The molecule has 2 amide bonds. The summed E-state index contributed by atoms with van der Waals surface area (Å²) >= 11 is 13.2. The first kappa shape index (κ1) is 33.5.